The first kappa shape index (κ1) is 7.45. The zero-order chi connectivity index (χ0) is 6.41. The molecule has 0 spiro atoms. The maximum Gasteiger partial charge on any atom is 0.0622 e. The van der Waals surface area contributed by atoms with E-state index >= 15 is 0 Å². The van der Waals surface area contributed by atoms with Crippen LogP contribution in [-0.4, -0.2) is 13.2 Å². The number of hydrogen-bond acceptors (Lipinski definition) is 2. The van der Waals surface area contributed by atoms with Crippen LogP contribution in [0.25, 0.3) is 0 Å². The van der Waals surface area contributed by atoms with E-state index in [1.165, 1.54) is 0 Å². The number of methoxy groups -OCH3 is 1. The van der Waals surface area contributed by atoms with Crippen molar-refractivity contribution in [2.45, 2.75) is 25.9 Å². The molecule has 0 aliphatic heterocycles. The first-order chi connectivity index (χ1) is 3.81. The summed E-state index contributed by atoms with van der Waals surface area (Å²) in [5.41, 5.74) is 0. The van der Waals surface area contributed by atoms with Crippen LogP contribution in [-0.2, 0) is 4.74 Å². The van der Waals surface area contributed by atoms with E-state index in [9.17, 15) is 0 Å². The summed E-state index contributed by atoms with van der Waals surface area (Å²) in [5.74, 6) is 0. The van der Waals surface area contributed by atoms with E-state index in [4.69, 9.17) is 10.00 Å². The van der Waals surface area contributed by atoms with Gasteiger partial charge in [0.15, 0.2) is 0 Å². The summed E-state index contributed by atoms with van der Waals surface area (Å²) in [6.45, 7) is 1.96. The Labute approximate surface area is 50.1 Å². The predicted molar refractivity (Wildman–Crippen MR) is 31.3 cm³/mol. The zero-order valence-corrected chi connectivity index (χ0v) is 5.35. The summed E-state index contributed by atoms with van der Waals surface area (Å²) in [4.78, 5) is 0. The minimum Gasteiger partial charge on any atom is -0.382 e. The second kappa shape index (κ2) is 4.61. The van der Waals surface area contributed by atoms with Crippen molar-refractivity contribution in [3.63, 3.8) is 0 Å². The number of ether oxygens (including phenoxy) is 1. The molecule has 0 aliphatic rings. The summed E-state index contributed by atoms with van der Waals surface area (Å²) in [7, 11) is 1.65. The Balaban J connectivity index is 3.01. The average Bonchev–Trinajstić information content (AvgIpc) is 1.83. The lowest BCUT2D eigenvalue weighted by Crippen LogP contribution is -2.02. The van der Waals surface area contributed by atoms with E-state index in [0.717, 1.165) is 6.42 Å². The van der Waals surface area contributed by atoms with Gasteiger partial charge in [-0.25, -0.2) is 0 Å². The number of nitrogens with zero attached hydrogens (tertiary/aromatic N) is 1. The highest BCUT2D eigenvalue weighted by Gasteiger charge is 1.95. The summed E-state index contributed by atoms with van der Waals surface area (Å²) in [6.07, 6.45) is 1.66. The Bertz CT molecular complexity index is 85.0. The molecule has 0 rings (SSSR count). The number of nitriles is 1. The summed E-state index contributed by atoms with van der Waals surface area (Å²) in [6, 6.07) is 2.05. The third kappa shape index (κ3) is 3.63. The Morgan fingerprint density at radius 2 is 2.38 bits per heavy atom. The van der Waals surface area contributed by atoms with Gasteiger partial charge in [-0.3, -0.25) is 0 Å². The van der Waals surface area contributed by atoms with Gasteiger partial charge in [0.25, 0.3) is 0 Å². The fourth-order valence-electron chi connectivity index (χ4n) is 0.386. The fraction of sp³-hybridized carbons (Fsp3) is 0.833. The van der Waals surface area contributed by atoms with Crippen molar-refractivity contribution in [2.24, 2.45) is 0 Å². The van der Waals surface area contributed by atoms with Gasteiger partial charge in [0, 0.05) is 13.5 Å². The number of rotatable bonds is 3. The fourth-order valence-corrected chi connectivity index (χ4v) is 0.386. The van der Waals surface area contributed by atoms with Gasteiger partial charge >= 0.3 is 0 Å². The second-order valence-electron chi connectivity index (χ2n) is 1.74. The lowest BCUT2D eigenvalue weighted by molar-refractivity contribution is 0.112. The predicted octanol–water partition coefficient (Wildman–Crippen LogP) is 1.33. The Hall–Kier alpha value is -0.550. The molecule has 46 valence electrons. The van der Waals surface area contributed by atoms with E-state index in [2.05, 4.69) is 6.07 Å². The third-order valence-corrected chi connectivity index (χ3v) is 1.07. The molecule has 0 aliphatic carbocycles. The standard InChI is InChI=1S/C6H11NO/c1-6(8-2)4-3-5-7/h6H,3-4H2,1-2H3/t6-/m1/s1. The lowest BCUT2D eigenvalue weighted by Gasteiger charge is -2.03. The van der Waals surface area contributed by atoms with Crippen molar-refractivity contribution in [3.8, 4) is 6.07 Å². The van der Waals surface area contributed by atoms with E-state index in [1.807, 2.05) is 6.92 Å². The molecule has 0 radical (unpaired) electrons. The Morgan fingerprint density at radius 3 is 2.75 bits per heavy atom. The van der Waals surface area contributed by atoms with Crippen LogP contribution in [0, 0.1) is 11.3 Å². The van der Waals surface area contributed by atoms with Gasteiger partial charge in [0.05, 0.1) is 12.2 Å². The van der Waals surface area contributed by atoms with Crippen molar-refractivity contribution < 1.29 is 4.74 Å². The highest BCUT2D eigenvalue weighted by molar-refractivity contribution is 4.70. The first-order valence-corrected chi connectivity index (χ1v) is 2.71. The molecule has 0 aromatic heterocycles. The molecule has 0 fully saturated rings. The van der Waals surface area contributed by atoms with Crippen molar-refractivity contribution >= 4 is 0 Å². The molecule has 0 unspecified atom stereocenters. The molecular formula is C6H11NO. The van der Waals surface area contributed by atoms with Crippen molar-refractivity contribution in [1.82, 2.24) is 0 Å². The summed E-state index contributed by atoms with van der Waals surface area (Å²) >= 11 is 0. The molecule has 2 heteroatoms. The van der Waals surface area contributed by atoms with E-state index in [0.29, 0.717) is 6.42 Å². The van der Waals surface area contributed by atoms with Gasteiger partial charge in [-0.1, -0.05) is 0 Å². The topological polar surface area (TPSA) is 33.0 Å². The lowest BCUT2D eigenvalue weighted by atomic mass is 10.2. The third-order valence-electron chi connectivity index (χ3n) is 1.07. The Kier molecular flexibility index (Phi) is 4.29. The van der Waals surface area contributed by atoms with Crippen LogP contribution in [0.4, 0.5) is 0 Å². The van der Waals surface area contributed by atoms with Crippen LogP contribution in [0.3, 0.4) is 0 Å². The molecule has 2 nitrogen and oxygen atoms in total. The maximum atomic E-state index is 8.11. The summed E-state index contributed by atoms with van der Waals surface area (Å²) in [5, 5.41) is 8.11. The minimum atomic E-state index is 0.231. The molecule has 0 bridgehead atoms. The van der Waals surface area contributed by atoms with Gasteiger partial charge in [-0.05, 0) is 13.3 Å². The molecule has 0 amide bonds. The van der Waals surface area contributed by atoms with E-state index in [1.54, 1.807) is 7.11 Å². The second-order valence-corrected chi connectivity index (χ2v) is 1.74. The van der Waals surface area contributed by atoms with E-state index < -0.39 is 0 Å². The van der Waals surface area contributed by atoms with E-state index in [-0.39, 0.29) is 6.10 Å². The first-order valence-electron chi connectivity index (χ1n) is 2.71. The Morgan fingerprint density at radius 1 is 1.75 bits per heavy atom. The molecule has 0 aromatic carbocycles. The zero-order valence-electron chi connectivity index (χ0n) is 5.35. The van der Waals surface area contributed by atoms with Crippen LogP contribution in [0.2, 0.25) is 0 Å². The summed E-state index contributed by atoms with van der Waals surface area (Å²) < 4.78 is 4.90. The van der Waals surface area contributed by atoms with Crippen molar-refractivity contribution in [3.05, 3.63) is 0 Å². The van der Waals surface area contributed by atoms with Crippen LogP contribution < -0.4 is 0 Å². The van der Waals surface area contributed by atoms with Gasteiger partial charge in [-0.15, -0.1) is 0 Å². The molecule has 0 saturated carbocycles. The molecule has 1 atom stereocenters. The monoisotopic (exact) mass is 113 g/mol. The quantitative estimate of drug-likeness (QED) is 0.553. The van der Waals surface area contributed by atoms with Gasteiger partial charge in [0.1, 0.15) is 0 Å². The van der Waals surface area contributed by atoms with Crippen molar-refractivity contribution in [1.29, 1.82) is 5.26 Å². The average molecular weight is 113 g/mol. The molecule has 8 heavy (non-hydrogen) atoms. The van der Waals surface area contributed by atoms with Crippen LogP contribution in [0.5, 0.6) is 0 Å². The largest absolute Gasteiger partial charge is 0.382 e. The molecule has 0 heterocycles. The number of hydrogen-bond donors (Lipinski definition) is 0. The maximum absolute atomic E-state index is 8.11. The highest BCUT2D eigenvalue weighted by Crippen LogP contribution is 1.96. The molecule has 0 aromatic rings. The highest BCUT2D eigenvalue weighted by atomic mass is 16.5. The van der Waals surface area contributed by atoms with Gasteiger partial charge in [0.2, 0.25) is 0 Å². The minimum absolute atomic E-state index is 0.231. The van der Waals surface area contributed by atoms with Gasteiger partial charge in [-0.2, -0.15) is 5.26 Å². The smallest absolute Gasteiger partial charge is 0.0622 e. The molecular weight excluding hydrogens is 102 g/mol. The van der Waals surface area contributed by atoms with Crippen LogP contribution in [0.15, 0.2) is 0 Å². The van der Waals surface area contributed by atoms with Gasteiger partial charge < -0.3 is 4.74 Å². The van der Waals surface area contributed by atoms with Crippen molar-refractivity contribution in [2.75, 3.05) is 7.11 Å². The normalized spacial score (nSPS) is 12.6. The molecule has 0 saturated heterocycles. The van der Waals surface area contributed by atoms with Crippen LogP contribution in [0.1, 0.15) is 19.8 Å². The van der Waals surface area contributed by atoms with Crippen LogP contribution >= 0.6 is 0 Å². The SMILES string of the molecule is CO[C@H](C)CCC#N. The molecule has 0 N–H and O–H groups in total.